The van der Waals surface area contributed by atoms with Crippen molar-refractivity contribution in [3.8, 4) is 22.8 Å². The Hall–Kier alpha value is -2.80. The number of ether oxygens (including phenoxy) is 2. The van der Waals surface area contributed by atoms with Crippen LogP contribution in [0, 0.1) is 0 Å². The van der Waals surface area contributed by atoms with E-state index in [1.165, 1.54) is 11.8 Å². The number of hydrogen-bond acceptors (Lipinski definition) is 6. The highest BCUT2D eigenvalue weighted by Crippen LogP contribution is 2.33. The van der Waals surface area contributed by atoms with Crippen LogP contribution in [0.5, 0.6) is 5.75 Å². The highest BCUT2D eigenvalue weighted by atomic mass is 32.2. The summed E-state index contributed by atoms with van der Waals surface area (Å²) < 4.78 is 12.3. The molecule has 0 unspecified atom stereocenters. The number of hydrogen-bond donors (Lipinski definition) is 0. The molecule has 2 heterocycles. The van der Waals surface area contributed by atoms with Gasteiger partial charge < -0.3 is 9.47 Å². The van der Waals surface area contributed by atoms with Crippen LogP contribution in [-0.2, 0) is 9.53 Å². The average Bonchev–Trinajstić information content (AvgIpc) is 3.29. The second kappa shape index (κ2) is 7.21. The smallest absolute Gasteiger partial charge is 0.319 e. The van der Waals surface area contributed by atoms with Gasteiger partial charge in [-0.25, -0.2) is 0 Å². The van der Waals surface area contributed by atoms with Crippen molar-refractivity contribution >= 4 is 17.7 Å². The second-order valence-electron chi connectivity index (χ2n) is 5.77. The minimum Gasteiger partial charge on any atom is -0.497 e. The predicted molar refractivity (Wildman–Crippen MR) is 98.6 cm³/mol. The van der Waals surface area contributed by atoms with E-state index in [2.05, 4.69) is 10.2 Å². The van der Waals surface area contributed by atoms with Gasteiger partial charge in [0.15, 0.2) is 11.0 Å². The lowest BCUT2D eigenvalue weighted by molar-refractivity contribution is -0.137. The summed E-state index contributed by atoms with van der Waals surface area (Å²) in [4.78, 5) is 11.9. The number of cyclic esters (lactones) is 1. The van der Waals surface area contributed by atoms with Gasteiger partial charge in [-0.05, 0) is 24.3 Å². The molecule has 132 valence electrons. The Morgan fingerprint density at radius 1 is 1.12 bits per heavy atom. The Balaban J connectivity index is 1.78. The maximum absolute atomic E-state index is 11.9. The van der Waals surface area contributed by atoms with E-state index in [9.17, 15) is 4.79 Å². The van der Waals surface area contributed by atoms with Gasteiger partial charge in [-0.3, -0.25) is 9.36 Å². The Bertz CT molecular complexity index is 910. The molecule has 1 aliphatic rings. The number of carbonyl (C=O) groups is 1. The van der Waals surface area contributed by atoms with Gasteiger partial charge in [-0.15, -0.1) is 10.2 Å². The summed E-state index contributed by atoms with van der Waals surface area (Å²) in [7, 11) is 1.64. The topological polar surface area (TPSA) is 66.2 Å². The molecule has 0 amide bonds. The fourth-order valence-corrected chi connectivity index (χ4v) is 3.81. The molecule has 4 rings (SSSR count). The van der Waals surface area contributed by atoms with Gasteiger partial charge in [0.1, 0.15) is 11.0 Å². The largest absolute Gasteiger partial charge is 0.497 e. The summed E-state index contributed by atoms with van der Waals surface area (Å²) >= 11 is 1.39. The van der Waals surface area contributed by atoms with Crippen LogP contribution in [-0.4, -0.2) is 39.7 Å². The summed E-state index contributed by atoms with van der Waals surface area (Å²) in [5.74, 6) is 1.31. The Kier molecular flexibility index (Phi) is 4.62. The van der Waals surface area contributed by atoms with Crippen molar-refractivity contribution in [3.05, 3.63) is 54.6 Å². The summed E-state index contributed by atoms with van der Waals surface area (Å²) in [5, 5.41) is 9.14. The third-order valence-electron chi connectivity index (χ3n) is 4.13. The monoisotopic (exact) mass is 367 g/mol. The van der Waals surface area contributed by atoms with Crippen molar-refractivity contribution in [3.63, 3.8) is 0 Å². The first-order chi connectivity index (χ1) is 12.8. The van der Waals surface area contributed by atoms with E-state index < -0.39 is 0 Å². The molecule has 7 heteroatoms. The van der Waals surface area contributed by atoms with Gasteiger partial charge >= 0.3 is 5.97 Å². The van der Waals surface area contributed by atoms with Crippen LogP contribution in [0.15, 0.2) is 59.8 Å². The fraction of sp³-hybridized carbons (Fsp3) is 0.211. The predicted octanol–water partition coefficient (Wildman–Crippen LogP) is 3.35. The van der Waals surface area contributed by atoms with Crippen molar-refractivity contribution in [2.24, 2.45) is 0 Å². The maximum Gasteiger partial charge on any atom is 0.319 e. The van der Waals surface area contributed by atoms with E-state index in [-0.39, 0.29) is 11.2 Å². The average molecular weight is 367 g/mol. The van der Waals surface area contributed by atoms with Crippen molar-refractivity contribution < 1.29 is 14.3 Å². The SMILES string of the molecule is COc1ccc(-n2c(S[C@H]3CCOC3=O)nnc2-c2ccccc2)cc1. The normalized spacial score (nSPS) is 16.5. The first-order valence-electron chi connectivity index (χ1n) is 8.25. The molecule has 1 fully saturated rings. The van der Waals surface area contributed by atoms with E-state index in [1.54, 1.807) is 7.11 Å². The quantitative estimate of drug-likeness (QED) is 0.644. The van der Waals surface area contributed by atoms with Crippen LogP contribution in [0.2, 0.25) is 0 Å². The number of thioether (sulfide) groups is 1. The highest BCUT2D eigenvalue weighted by Gasteiger charge is 2.30. The molecule has 0 radical (unpaired) electrons. The fourth-order valence-electron chi connectivity index (χ4n) is 2.80. The van der Waals surface area contributed by atoms with Crippen molar-refractivity contribution in [2.75, 3.05) is 13.7 Å². The lowest BCUT2D eigenvalue weighted by Crippen LogP contribution is -2.11. The molecule has 0 saturated carbocycles. The molecule has 2 aromatic carbocycles. The van der Waals surface area contributed by atoms with Gasteiger partial charge in [-0.1, -0.05) is 42.1 Å². The third kappa shape index (κ3) is 3.17. The maximum atomic E-state index is 11.9. The number of methoxy groups -OCH3 is 1. The van der Waals surface area contributed by atoms with E-state index in [4.69, 9.17) is 9.47 Å². The molecule has 26 heavy (non-hydrogen) atoms. The number of carbonyl (C=O) groups excluding carboxylic acids is 1. The molecule has 0 aliphatic carbocycles. The highest BCUT2D eigenvalue weighted by molar-refractivity contribution is 8.00. The molecule has 0 bridgehead atoms. The van der Waals surface area contributed by atoms with E-state index in [0.717, 1.165) is 22.8 Å². The number of aromatic nitrogens is 3. The van der Waals surface area contributed by atoms with Gasteiger partial charge in [0.25, 0.3) is 0 Å². The van der Waals surface area contributed by atoms with E-state index >= 15 is 0 Å². The zero-order chi connectivity index (χ0) is 17.9. The van der Waals surface area contributed by atoms with Crippen LogP contribution in [0.1, 0.15) is 6.42 Å². The Morgan fingerprint density at radius 2 is 1.88 bits per heavy atom. The summed E-state index contributed by atoms with van der Waals surface area (Å²) in [6, 6.07) is 17.5. The van der Waals surface area contributed by atoms with Gasteiger partial charge in [0.05, 0.1) is 13.7 Å². The van der Waals surface area contributed by atoms with Crippen molar-refractivity contribution in [2.45, 2.75) is 16.8 Å². The molecule has 1 aliphatic heterocycles. The van der Waals surface area contributed by atoms with Crippen LogP contribution < -0.4 is 4.74 Å². The van der Waals surface area contributed by atoms with Crippen LogP contribution in [0.3, 0.4) is 0 Å². The Labute approximate surface area is 155 Å². The van der Waals surface area contributed by atoms with Crippen molar-refractivity contribution in [1.29, 1.82) is 0 Å². The summed E-state index contributed by atoms with van der Waals surface area (Å²) in [5.41, 5.74) is 1.86. The van der Waals surface area contributed by atoms with E-state index in [1.807, 2.05) is 59.2 Å². The molecule has 1 aromatic heterocycles. The minimum atomic E-state index is -0.250. The first-order valence-corrected chi connectivity index (χ1v) is 9.13. The third-order valence-corrected chi connectivity index (χ3v) is 5.32. The summed E-state index contributed by atoms with van der Waals surface area (Å²) in [6.07, 6.45) is 0.680. The standard InChI is InChI=1S/C19H17N3O3S/c1-24-15-9-7-14(8-10-15)22-17(13-5-3-2-4-6-13)20-21-19(22)26-16-11-12-25-18(16)23/h2-10,16H,11-12H2,1H3/t16-/m0/s1. The molecule has 6 nitrogen and oxygen atoms in total. The molecule has 0 spiro atoms. The first kappa shape index (κ1) is 16.7. The number of nitrogens with zero attached hydrogens (tertiary/aromatic N) is 3. The lowest BCUT2D eigenvalue weighted by Gasteiger charge is -2.12. The van der Waals surface area contributed by atoms with Crippen LogP contribution >= 0.6 is 11.8 Å². The lowest BCUT2D eigenvalue weighted by atomic mass is 10.2. The summed E-state index contributed by atoms with van der Waals surface area (Å²) in [6.45, 7) is 0.457. The molecular formula is C19H17N3O3S. The molecule has 1 saturated heterocycles. The molecule has 1 atom stereocenters. The zero-order valence-corrected chi connectivity index (χ0v) is 15.0. The molecule has 0 N–H and O–H groups in total. The van der Waals surface area contributed by atoms with Crippen molar-refractivity contribution in [1.82, 2.24) is 14.8 Å². The molecular weight excluding hydrogens is 350 g/mol. The van der Waals surface area contributed by atoms with Gasteiger partial charge in [0, 0.05) is 17.7 Å². The Morgan fingerprint density at radius 3 is 2.54 bits per heavy atom. The molecule has 3 aromatic rings. The zero-order valence-electron chi connectivity index (χ0n) is 14.2. The van der Waals surface area contributed by atoms with Crippen LogP contribution in [0.4, 0.5) is 0 Å². The second-order valence-corrected chi connectivity index (χ2v) is 6.94. The van der Waals surface area contributed by atoms with Gasteiger partial charge in [-0.2, -0.15) is 0 Å². The minimum absolute atomic E-state index is 0.194. The number of rotatable bonds is 5. The van der Waals surface area contributed by atoms with Gasteiger partial charge in [0.2, 0.25) is 0 Å². The van der Waals surface area contributed by atoms with E-state index in [0.29, 0.717) is 18.2 Å². The van der Waals surface area contributed by atoms with Crippen LogP contribution in [0.25, 0.3) is 17.1 Å². The number of esters is 1. The number of benzene rings is 2.